The lowest BCUT2D eigenvalue weighted by molar-refractivity contribution is -0.386. The molecule has 0 unspecified atom stereocenters. The van der Waals surface area contributed by atoms with Crippen molar-refractivity contribution >= 4 is 5.69 Å². The number of nitrogens with zero attached hydrogens (tertiary/aromatic N) is 4. The summed E-state index contributed by atoms with van der Waals surface area (Å²) in [5, 5.41) is 15.3. The van der Waals surface area contributed by atoms with E-state index in [4.69, 9.17) is 0 Å². The summed E-state index contributed by atoms with van der Waals surface area (Å²) in [6, 6.07) is 0.304. The van der Waals surface area contributed by atoms with Crippen molar-refractivity contribution in [1.29, 1.82) is 0 Å². The Morgan fingerprint density at radius 2 is 1.94 bits per heavy atom. The highest BCUT2D eigenvalue weighted by Gasteiger charge is 2.27. The van der Waals surface area contributed by atoms with Crippen LogP contribution in [-0.2, 0) is 0 Å². The Balaban J connectivity index is 2.28. The zero-order valence-corrected chi connectivity index (χ0v) is 10.5. The van der Waals surface area contributed by atoms with Gasteiger partial charge in [0, 0.05) is 0 Å². The smallest absolute Gasteiger partial charge is 0.306 e. The third-order valence-electron chi connectivity index (χ3n) is 3.50. The van der Waals surface area contributed by atoms with Crippen molar-refractivity contribution in [3.8, 4) is 0 Å². The fourth-order valence-electron chi connectivity index (χ4n) is 2.51. The van der Waals surface area contributed by atoms with E-state index < -0.39 is 0 Å². The summed E-state index contributed by atoms with van der Waals surface area (Å²) >= 11 is 0. The summed E-state index contributed by atoms with van der Waals surface area (Å²) in [6.45, 7) is 5.54. The Hall–Kier alpha value is -1.43. The van der Waals surface area contributed by atoms with Gasteiger partial charge < -0.3 is 4.90 Å². The van der Waals surface area contributed by atoms with Crippen LogP contribution >= 0.6 is 0 Å². The Labute approximate surface area is 100 Å². The Morgan fingerprint density at radius 3 is 2.41 bits per heavy atom. The summed E-state index contributed by atoms with van der Waals surface area (Å²) in [6.07, 6.45) is 2.02. The lowest BCUT2D eigenvalue weighted by Gasteiger charge is -2.29. The normalized spacial score (nSPS) is 18.5. The van der Waals surface area contributed by atoms with Crippen molar-refractivity contribution < 1.29 is 4.92 Å². The largest absolute Gasteiger partial charge is 0.312 e. The standard InChI is InChI=1S/C11H18N4O2/c1-8-11(15(16)17)9(2)14(12-8)10-4-6-13(3)7-5-10/h10H,4-7H2,1-3H3. The van der Waals surface area contributed by atoms with Crippen molar-refractivity contribution in [2.75, 3.05) is 20.1 Å². The summed E-state index contributed by atoms with van der Waals surface area (Å²) in [4.78, 5) is 12.9. The van der Waals surface area contributed by atoms with Crippen LogP contribution in [0, 0.1) is 24.0 Å². The quantitative estimate of drug-likeness (QED) is 0.580. The second kappa shape index (κ2) is 4.44. The van der Waals surface area contributed by atoms with Crippen LogP contribution in [-0.4, -0.2) is 39.7 Å². The maximum atomic E-state index is 10.9. The Kier molecular flexibility index (Phi) is 3.15. The first-order valence-corrected chi connectivity index (χ1v) is 5.89. The maximum absolute atomic E-state index is 10.9. The molecule has 0 radical (unpaired) electrons. The predicted octanol–water partition coefficient (Wildman–Crippen LogP) is 1.67. The number of aromatic nitrogens is 2. The molecule has 6 nitrogen and oxygen atoms in total. The fraction of sp³-hybridized carbons (Fsp3) is 0.727. The van der Waals surface area contributed by atoms with Crippen LogP contribution in [0.2, 0.25) is 0 Å². The molecule has 2 heterocycles. The van der Waals surface area contributed by atoms with Gasteiger partial charge in [-0.2, -0.15) is 5.10 Å². The lowest BCUT2D eigenvalue weighted by atomic mass is 10.1. The second-order valence-corrected chi connectivity index (χ2v) is 4.76. The van der Waals surface area contributed by atoms with E-state index in [0.717, 1.165) is 25.9 Å². The zero-order chi connectivity index (χ0) is 12.6. The molecule has 1 aliphatic heterocycles. The average molecular weight is 238 g/mol. The molecule has 0 bridgehead atoms. The first-order chi connectivity index (χ1) is 8.00. The predicted molar refractivity (Wildman–Crippen MR) is 64.1 cm³/mol. The van der Waals surface area contributed by atoms with Crippen LogP contribution in [0.15, 0.2) is 0 Å². The molecule has 2 rings (SSSR count). The van der Waals surface area contributed by atoms with Crippen LogP contribution in [0.3, 0.4) is 0 Å². The van der Waals surface area contributed by atoms with E-state index in [9.17, 15) is 10.1 Å². The van der Waals surface area contributed by atoms with Crippen molar-refractivity contribution in [2.24, 2.45) is 0 Å². The molecule has 0 amide bonds. The van der Waals surface area contributed by atoms with Crippen molar-refractivity contribution in [2.45, 2.75) is 32.7 Å². The molecule has 94 valence electrons. The van der Waals surface area contributed by atoms with Crippen LogP contribution < -0.4 is 0 Å². The second-order valence-electron chi connectivity index (χ2n) is 4.76. The van der Waals surface area contributed by atoms with Crippen LogP contribution in [0.5, 0.6) is 0 Å². The fourth-order valence-corrected chi connectivity index (χ4v) is 2.51. The number of hydrogen-bond donors (Lipinski definition) is 0. The highest BCUT2D eigenvalue weighted by Crippen LogP contribution is 2.29. The van der Waals surface area contributed by atoms with E-state index in [1.165, 1.54) is 0 Å². The number of hydrogen-bond acceptors (Lipinski definition) is 4. The van der Waals surface area contributed by atoms with Gasteiger partial charge in [0.2, 0.25) is 0 Å². The minimum absolute atomic E-state index is 0.170. The molecule has 0 aromatic carbocycles. The third-order valence-corrected chi connectivity index (χ3v) is 3.50. The van der Waals surface area contributed by atoms with Gasteiger partial charge in [-0.3, -0.25) is 14.8 Å². The molecule has 0 N–H and O–H groups in total. The molecular formula is C11H18N4O2. The first kappa shape index (κ1) is 12.0. The number of aryl methyl sites for hydroxylation is 1. The van der Waals surface area contributed by atoms with Gasteiger partial charge in [-0.05, 0) is 46.8 Å². The zero-order valence-electron chi connectivity index (χ0n) is 10.5. The molecule has 0 atom stereocenters. The van der Waals surface area contributed by atoms with Gasteiger partial charge in [0.05, 0.1) is 11.0 Å². The van der Waals surface area contributed by atoms with Gasteiger partial charge in [0.1, 0.15) is 11.4 Å². The van der Waals surface area contributed by atoms with E-state index >= 15 is 0 Å². The van der Waals surface area contributed by atoms with Gasteiger partial charge in [0.15, 0.2) is 0 Å². The van der Waals surface area contributed by atoms with E-state index in [-0.39, 0.29) is 10.6 Å². The minimum atomic E-state index is -0.330. The van der Waals surface area contributed by atoms with Crippen LogP contribution in [0.1, 0.15) is 30.3 Å². The average Bonchev–Trinajstić information content (AvgIpc) is 2.55. The Morgan fingerprint density at radius 1 is 1.35 bits per heavy atom. The van der Waals surface area contributed by atoms with Gasteiger partial charge in [-0.1, -0.05) is 0 Å². The molecule has 6 heteroatoms. The molecule has 0 spiro atoms. The first-order valence-electron chi connectivity index (χ1n) is 5.89. The summed E-state index contributed by atoms with van der Waals surface area (Å²) in [5.74, 6) is 0. The monoisotopic (exact) mass is 238 g/mol. The third kappa shape index (κ3) is 2.17. The Bertz CT molecular complexity index is 433. The number of piperidine rings is 1. The topological polar surface area (TPSA) is 64.2 Å². The minimum Gasteiger partial charge on any atom is -0.306 e. The van der Waals surface area contributed by atoms with Crippen LogP contribution in [0.25, 0.3) is 0 Å². The highest BCUT2D eigenvalue weighted by atomic mass is 16.6. The molecule has 1 fully saturated rings. The number of likely N-dealkylation sites (tertiary alicyclic amines) is 1. The summed E-state index contributed by atoms with van der Waals surface area (Å²) < 4.78 is 1.85. The summed E-state index contributed by atoms with van der Waals surface area (Å²) in [5.41, 5.74) is 1.37. The highest BCUT2D eigenvalue weighted by molar-refractivity contribution is 5.39. The van der Waals surface area contributed by atoms with Gasteiger partial charge in [0.25, 0.3) is 0 Å². The molecule has 1 aromatic heterocycles. The molecule has 0 saturated carbocycles. The SMILES string of the molecule is Cc1nn(C2CCN(C)CC2)c(C)c1[N+](=O)[O-]. The van der Waals surface area contributed by atoms with E-state index in [2.05, 4.69) is 17.0 Å². The van der Waals surface area contributed by atoms with Crippen molar-refractivity contribution in [3.63, 3.8) is 0 Å². The number of rotatable bonds is 2. The van der Waals surface area contributed by atoms with Gasteiger partial charge in [-0.15, -0.1) is 0 Å². The molecule has 0 aliphatic carbocycles. The molecule has 1 aromatic rings. The molecule has 1 aliphatic rings. The van der Waals surface area contributed by atoms with Gasteiger partial charge >= 0.3 is 5.69 Å². The number of nitro groups is 1. The van der Waals surface area contributed by atoms with E-state index in [1.54, 1.807) is 13.8 Å². The van der Waals surface area contributed by atoms with Crippen molar-refractivity contribution in [3.05, 3.63) is 21.5 Å². The lowest BCUT2D eigenvalue weighted by Crippen LogP contribution is -2.32. The molecule has 1 saturated heterocycles. The molecule has 17 heavy (non-hydrogen) atoms. The van der Waals surface area contributed by atoms with E-state index in [1.807, 2.05) is 4.68 Å². The van der Waals surface area contributed by atoms with Crippen LogP contribution in [0.4, 0.5) is 5.69 Å². The van der Waals surface area contributed by atoms with Crippen molar-refractivity contribution in [1.82, 2.24) is 14.7 Å². The maximum Gasteiger partial charge on any atom is 0.312 e. The molecular weight excluding hydrogens is 220 g/mol. The van der Waals surface area contributed by atoms with Gasteiger partial charge in [-0.25, -0.2) is 0 Å². The summed E-state index contributed by atoms with van der Waals surface area (Å²) in [7, 11) is 2.10. The van der Waals surface area contributed by atoms with E-state index in [0.29, 0.717) is 17.4 Å².